The Balaban J connectivity index is 1.54. The van der Waals surface area contributed by atoms with Crippen molar-refractivity contribution in [2.24, 2.45) is 11.8 Å². The van der Waals surface area contributed by atoms with Gasteiger partial charge in [0.25, 0.3) is 0 Å². The highest BCUT2D eigenvalue weighted by Gasteiger charge is 2.48. The number of anilines is 1. The minimum Gasteiger partial charge on any atom is -0.497 e. The summed E-state index contributed by atoms with van der Waals surface area (Å²) in [4.78, 5) is 51.9. The molecule has 1 aliphatic heterocycles. The number of amides is 4. The number of ether oxygens (including phenoxy) is 1. The van der Waals surface area contributed by atoms with Gasteiger partial charge in [-0.05, 0) is 25.0 Å². The predicted octanol–water partition coefficient (Wildman–Crippen LogP) is 1.27. The molecule has 28 heavy (non-hydrogen) atoms. The molecule has 0 aromatic heterocycles. The van der Waals surface area contributed by atoms with Gasteiger partial charge in [0.15, 0.2) is 0 Å². The van der Waals surface area contributed by atoms with E-state index in [9.17, 15) is 19.2 Å². The van der Waals surface area contributed by atoms with Gasteiger partial charge < -0.3 is 15.0 Å². The Labute approximate surface area is 163 Å². The lowest BCUT2D eigenvalue weighted by molar-refractivity contribution is -0.146. The molecule has 2 fully saturated rings. The van der Waals surface area contributed by atoms with Gasteiger partial charge in [0, 0.05) is 18.8 Å². The van der Waals surface area contributed by atoms with E-state index in [2.05, 4.69) is 5.32 Å². The molecule has 8 nitrogen and oxygen atoms in total. The average molecular weight is 387 g/mol. The Morgan fingerprint density at radius 1 is 1.18 bits per heavy atom. The highest BCUT2D eigenvalue weighted by atomic mass is 16.5. The smallest absolute Gasteiger partial charge is 0.243 e. The van der Waals surface area contributed by atoms with Crippen molar-refractivity contribution in [1.29, 1.82) is 0 Å². The molecule has 0 spiro atoms. The van der Waals surface area contributed by atoms with Crippen LogP contribution in [0.4, 0.5) is 5.69 Å². The molecule has 1 aliphatic carbocycles. The molecule has 1 aromatic carbocycles. The van der Waals surface area contributed by atoms with E-state index in [1.165, 1.54) is 19.1 Å². The lowest BCUT2D eigenvalue weighted by Crippen LogP contribution is -2.44. The number of likely N-dealkylation sites (tertiary alicyclic amines) is 1. The molecule has 0 radical (unpaired) electrons. The minimum atomic E-state index is -0.443. The van der Waals surface area contributed by atoms with Crippen LogP contribution in [0.5, 0.6) is 5.75 Å². The first-order valence-corrected chi connectivity index (χ1v) is 9.44. The maximum Gasteiger partial charge on any atom is 0.243 e. The van der Waals surface area contributed by atoms with Crippen LogP contribution >= 0.6 is 0 Å². The van der Waals surface area contributed by atoms with E-state index in [0.29, 0.717) is 24.3 Å². The van der Waals surface area contributed by atoms with Crippen LogP contribution in [0.3, 0.4) is 0 Å². The number of hydrogen-bond acceptors (Lipinski definition) is 5. The Kier molecular flexibility index (Phi) is 5.96. The van der Waals surface area contributed by atoms with E-state index < -0.39 is 5.91 Å². The number of rotatable bonds is 6. The fraction of sp³-hybridized carbons (Fsp3) is 0.500. The van der Waals surface area contributed by atoms with Crippen LogP contribution in [-0.4, -0.2) is 60.7 Å². The van der Waals surface area contributed by atoms with Crippen molar-refractivity contribution in [2.75, 3.05) is 32.6 Å². The third kappa shape index (κ3) is 4.16. The number of fused-ring (bicyclic) bond motifs is 1. The standard InChI is InChI=1S/C20H25N3O5/c1-22(11-17(24)21-13-6-5-7-14(10-13)28-2)18(25)12-23-19(26)15-8-3-4-9-16(15)20(23)27/h5-7,10,15-16H,3-4,8-9,11-12H2,1-2H3,(H,21,24)/t15-,16-/m0/s1. The molecule has 0 unspecified atom stereocenters. The van der Waals surface area contributed by atoms with E-state index >= 15 is 0 Å². The van der Waals surface area contributed by atoms with Crippen molar-refractivity contribution in [3.05, 3.63) is 24.3 Å². The van der Waals surface area contributed by atoms with Gasteiger partial charge in [0.05, 0.1) is 25.5 Å². The van der Waals surface area contributed by atoms with Crippen LogP contribution < -0.4 is 10.1 Å². The molecule has 1 N–H and O–H groups in total. The SMILES string of the molecule is COc1cccc(NC(=O)CN(C)C(=O)CN2C(=O)[C@H]3CCCC[C@@H]3C2=O)c1. The number of nitrogens with zero attached hydrogens (tertiary/aromatic N) is 2. The maximum atomic E-state index is 12.5. The summed E-state index contributed by atoms with van der Waals surface area (Å²) in [5, 5.41) is 2.69. The van der Waals surface area contributed by atoms with Crippen LogP contribution in [0.15, 0.2) is 24.3 Å². The summed E-state index contributed by atoms with van der Waals surface area (Å²) < 4.78 is 5.11. The van der Waals surface area contributed by atoms with Gasteiger partial charge in [-0.15, -0.1) is 0 Å². The highest BCUT2D eigenvalue weighted by Crippen LogP contribution is 2.37. The van der Waals surface area contributed by atoms with Gasteiger partial charge in [-0.2, -0.15) is 0 Å². The summed E-state index contributed by atoms with van der Waals surface area (Å²) in [5.41, 5.74) is 0.555. The average Bonchev–Trinajstić information content (AvgIpc) is 2.93. The molecule has 1 heterocycles. The first kappa shape index (κ1) is 19.9. The lowest BCUT2D eigenvalue weighted by Gasteiger charge is -2.20. The normalized spacial score (nSPS) is 21.3. The van der Waals surface area contributed by atoms with Crippen LogP contribution in [0, 0.1) is 11.8 Å². The maximum absolute atomic E-state index is 12.5. The monoisotopic (exact) mass is 387 g/mol. The number of imide groups is 1. The van der Waals surface area contributed by atoms with E-state index in [-0.39, 0.29) is 42.6 Å². The van der Waals surface area contributed by atoms with Crippen LogP contribution in [0.25, 0.3) is 0 Å². The first-order valence-electron chi connectivity index (χ1n) is 9.44. The minimum absolute atomic E-state index is 0.181. The van der Waals surface area contributed by atoms with Gasteiger partial charge in [-0.25, -0.2) is 0 Å². The number of benzene rings is 1. The van der Waals surface area contributed by atoms with Gasteiger partial charge >= 0.3 is 0 Å². The van der Waals surface area contributed by atoms with Crippen LogP contribution in [-0.2, 0) is 19.2 Å². The second-order valence-electron chi connectivity index (χ2n) is 7.29. The zero-order chi connectivity index (χ0) is 20.3. The molecule has 2 atom stereocenters. The number of hydrogen-bond donors (Lipinski definition) is 1. The van der Waals surface area contributed by atoms with Crippen molar-refractivity contribution in [3.63, 3.8) is 0 Å². The molecule has 1 saturated heterocycles. The number of methoxy groups -OCH3 is 1. The van der Waals surface area contributed by atoms with Crippen molar-refractivity contribution in [1.82, 2.24) is 9.80 Å². The molecule has 4 amide bonds. The van der Waals surface area contributed by atoms with Gasteiger partial charge in [-0.3, -0.25) is 24.1 Å². The summed E-state index contributed by atoms with van der Waals surface area (Å²) in [6.07, 6.45) is 3.29. The second-order valence-corrected chi connectivity index (χ2v) is 7.29. The summed E-state index contributed by atoms with van der Waals surface area (Å²) >= 11 is 0. The van der Waals surface area contributed by atoms with E-state index in [1.807, 2.05) is 0 Å². The van der Waals surface area contributed by atoms with E-state index in [1.54, 1.807) is 24.3 Å². The van der Waals surface area contributed by atoms with Crippen LogP contribution in [0.2, 0.25) is 0 Å². The Morgan fingerprint density at radius 3 is 2.43 bits per heavy atom. The topological polar surface area (TPSA) is 96.0 Å². The zero-order valence-electron chi connectivity index (χ0n) is 16.1. The van der Waals surface area contributed by atoms with E-state index in [0.717, 1.165) is 17.7 Å². The molecule has 1 saturated carbocycles. The Hall–Kier alpha value is -2.90. The van der Waals surface area contributed by atoms with Crippen molar-refractivity contribution >= 4 is 29.3 Å². The number of nitrogens with one attached hydrogen (secondary N) is 1. The largest absolute Gasteiger partial charge is 0.497 e. The highest BCUT2D eigenvalue weighted by molar-refractivity contribution is 6.07. The molecule has 150 valence electrons. The number of likely N-dealkylation sites (N-methyl/N-ethyl adjacent to an activating group) is 1. The Morgan fingerprint density at radius 2 is 1.82 bits per heavy atom. The van der Waals surface area contributed by atoms with Gasteiger partial charge in [0.1, 0.15) is 12.3 Å². The van der Waals surface area contributed by atoms with E-state index in [4.69, 9.17) is 4.74 Å². The molecule has 1 aromatic rings. The second kappa shape index (κ2) is 8.41. The molecule has 0 bridgehead atoms. The van der Waals surface area contributed by atoms with Gasteiger partial charge in [-0.1, -0.05) is 18.9 Å². The number of carbonyl (C=O) groups excluding carboxylic acids is 4. The molecule has 3 rings (SSSR count). The lowest BCUT2D eigenvalue weighted by atomic mass is 9.81. The molecular formula is C20H25N3O5. The van der Waals surface area contributed by atoms with Gasteiger partial charge in [0.2, 0.25) is 23.6 Å². The van der Waals surface area contributed by atoms with Crippen molar-refractivity contribution in [3.8, 4) is 5.75 Å². The summed E-state index contributed by atoms with van der Waals surface area (Å²) in [5.74, 6) is -1.28. The number of carbonyl (C=O) groups is 4. The molecule has 2 aliphatic rings. The van der Waals surface area contributed by atoms with Crippen molar-refractivity contribution < 1.29 is 23.9 Å². The van der Waals surface area contributed by atoms with Crippen LogP contribution in [0.1, 0.15) is 25.7 Å². The quantitative estimate of drug-likeness (QED) is 0.742. The Bertz CT molecular complexity index is 770. The molecule has 8 heteroatoms. The fourth-order valence-corrected chi connectivity index (χ4v) is 3.85. The third-order valence-corrected chi connectivity index (χ3v) is 5.39. The van der Waals surface area contributed by atoms with Crippen molar-refractivity contribution in [2.45, 2.75) is 25.7 Å². The summed E-state index contributed by atoms with van der Waals surface area (Å²) in [7, 11) is 3.01. The fourth-order valence-electron chi connectivity index (χ4n) is 3.85. The molecular weight excluding hydrogens is 362 g/mol. The summed E-state index contributed by atoms with van der Waals surface area (Å²) in [6.45, 7) is -0.493. The summed E-state index contributed by atoms with van der Waals surface area (Å²) in [6, 6.07) is 6.88. The zero-order valence-corrected chi connectivity index (χ0v) is 16.1. The third-order valence-electron chi connectivity index (χ3n) is 5.39. The first-order chi connectivity index (χ1) is 13.4. The predicted molar refractivity (Wildman–Crippen MR) is 101 cm³/mol.